The Bertz CT molecular complexity index is 1250. The van der Waals surface area contributed by atoms with E-state index in [1.165, 1.54) is 16.5 Å². The van der Waals surface area contributed by atoms with Crippen LogP contribution in [0.1, 0.15) is 27.4 Å². The lowest BCUT2D eigenvalue weighted by molar-refractivity contribution is 0.0954. The fraction of sp³-hybridized carbons (Fsp3) is 0.238. The molecule has 7 nitrogen and oxygen atoms in total. The highest BCUT2D eigenvalue weighted by Gasteiger charge is 2.22. The quantitative estimate of drug-likeness (QED) is 0.548. The second-order valence-electron chi connectivity index (χ2n) is 6.89. The zero-order chi connectivity index (χ0) is 20.5. The van der Waals surface area contributed by atoms with Crippen molar-refractivity contribution in [1.29, 1.82) is 0 Å². The van der Waals surface area contributed by atoms with E-state index in [2.05, 4.69) is 46.5 Å². The van der Waals surface area contributed by atoms with E-state index < -0.39 is 0 Å². The third-order valence-electron chi connectivity index (χ3n) is 4.69. The van der Waals surface area contributed by atoms with Crippen LogP contribution in [0.2, 0.25) is 0 Å². The molecule has 148 valence electrons. The van der Waals surface area contributed by atoms with Crippen molar-refractivity contribution in [1.82, 2.24) is 19.9 Å². The van der Waals surface area contributed by atoms with Crippen LogP contribution in [0.15, 0.2) is 45.2 Å². The van der Waals surface area contributed by atoms with Crippen LogP contribution in [0.5, 0.6) is 0 Å². The molecule has 0 bridgehead atoms. The maximum atomic E-state index is 12.7. The number of carbonyl (C=O) groups excluding carboxylic acids is 1. The summed E-state index contributed by atoms with van der Waals surface area (Å²) in [6.45, 7) is 4.11. The van der Waals surface area contributed by atoms with Crippen molar-refractivity contribution in [3.63, 3.8) is 0 Å². The van der Waals surface area contributed by atoms with Crippen molar-refractivity contribution in [2.24, 2.45) is 7.05 Å². The van der Waals surface area contributed by atoms with Gasteiger partial charge in [-0.2, -0.15) is 0 Å². The number of aromatic nitrogens is 3. The fourth-order valence-electron chi connectivity index (χ4n) is 3.10. The van der Waals surface area contributed by atoms with E-state index in [1.807, 2.05) is 5.38 Å². The van der Waals surface area contributed by atoms with Gasteiger partial charge in [0.25, 0.3) is 11.5 Å². The fourth-order valence-corrected chi connectivity index (χ4v) is 3.96. The van der Waals surface area contributed by atoms with Gasteiger partial charge in [0.2, 0.25) is 5.71 Å². The molecule has 1 N–H and O–H groups in total. The van der Waals surface area contributed by atoms with E-state index in [0.29, 0.717) is 18.7 Å². The molecule has 0 saturated carbocycles. The van der Waals surface area contributed by atoms with Gasteiger partial charge in [0, 0.05) is 31.0 Å². The van der Waals surface area contributed by atoms with Crippen LogP contribution in [-0.2, 0) is 13.5 Å². The Morgan fingerprint density at radius 1 is 1.24 bits per heavy atom. The minimum Gasteiger partial charge on any atom is -0.442 e. The van der Waals surface area contributed by atoms with Crippen LogP contribution in [0.4, 0.5) is 0 Å². The van der Waals surface area contributed by atoms with Gasteiger partial charge in [-0.3, -0.25) is 9.59 Å². The molecule has 3 aromatic heterocycles. The zero-order valence-electron chi connectivity index (χ0n) is 16.4. The third-order valence-corrected chi connectivity index (χ3v) is 5.63. The van der Waals surface area contributed by atoms with Gasteiger partial charge in [-0.05, 0) is 13.8 Å². The van der Waals surface area contributed by atoms with Gasteiger partial charge in [0.05, 0.1) is 11.3 Å². The highest BCUT2D eigenvalue weighted by atomic mass is 32.1. The SMILES string of the molecule is Cc1ccc(-c2nc(CCNC(=O)c3c(C)oc4ncn(C)c(=O)c34)cs2)cc1. The number of nitrogens with one attached hydrogen (secondary N) is 1. The molecule has 0 spiro atoms. The number of carbonyl (C=O) groups is 1. The first kappa shape index (κ1) is 19.1. The van der Waals surface area contributed by atoms with Crippen LogP contribution >= 0.6 is 11.3 Å². The Hall–Kier alpha value is -3.26. The lowest BCUT2D eigenvalue weighted by Gasteiger charge is -2.04. The van der Waals surface area contributed by atoms with E-state index in [9.17, 15) is 9.59 Å². The number of hydrogen-bond acceptors (Lipinski definition) is 6. The van der Waals surface area contributed by atoms with Gasteiger partial charge in [0.1, 0.15) is 22.5 Å². The number of fused-ring (bicyclic) bond motifs is 1. The van der Waals surface area contributed by atoms with Gasteiger partial charge in [0.15, 0.2) is 0 Å². The predicted molar refractivity (Wildman–Crippen MR) is 112 cm³/mol. The molecule has 0 aliphatic rings. The van der Waals surface area contributed by atoms with E-state index in [0.717, 1.165) is 16.3 Å². The van der Waals surface area contributed by atoms with E-state index in [4.69, 9.17) is 4.42 Å². The van der Waals surface area contributed by atoms with Crippen LogP contribution in [0.25, 0.3) is 21.7 Å². The van der Waals surface area contributed by atoms with Crippen molar-refractivity contribution >= 4 is 28.3 Å². The third kappa shape index (κ3) is 3.71. The van der Waals surface area contributed by atoms with Crippen molar-refractivity contribution in [2.45, 2.75) is 20.3 Å². The molecule has 3 heterocycles. The summed E-state index contributed by atoms with van der Waals surface area (Å²) in [6, 6.07) is 8.24. The Labute approximate surface area is 171 Å². The Morgan fingerprint density at radius 3 is 2.76 bits per heavy atom. The minimum absolute atomic E-state index is 0.179. The highest BCUT2D eigenvalue weighted by Crippen LogP contribution is 2.24. The monoisotopic (exact) mass is 408 g/mol. The summed E-state index contributed by atoms with van der Waals surface area (Å²) < 4.78 is 6.81. The maximum absolute atomic E-state index is 12.7. The van der Waals surface area contributed by atoms with Crippen LogP contribution < -0.4 is 10.9 Å². The highest BCUT2D eigenvalue weighted by molar-refractivity contribution is 7.13. The first-order valence-electron chi connectivity index (χ1n) is 9.18. The number of benzene rings is 1. The lowest BCUT2D eigenvalue weighted by atomic mass is 10.1. The first-order valence-corrected chi connectivity index (χ1v) is 10.1. The molecule has 4 aromatic rings. The topological polar surface area (TPSA) is 90.0 Å². The van der Waals surface area contributed by atoms with Gasteiger partial charge < -0.3 is 14.3 Å². The molecule has 1 aromatic carbocycles. The normalized spacial score (nSPS) is 11.1. The Morgan fingerprint density at radius 2 is 2.00 bits per heavy atom. The van der Waals surface area contributed by atoms with Gasteiger partial charge in [-0.15, -0.1) is 11.3 Å². The van der Waals surface area contributed by atoms with Crippen molar-refractivity contribution in [3.8, 4) is 10.6 Å². The van der Waals surface area contributed by atoms with Gasteiger partial charge in [-0.1, -0.05) is 29.8 Å². The number of thiazole rings is 1. The largest absolute Gasteiger partial charge is 0.442 e. The molecule has 4 rings (SSSR count). The molecule has 0 aliphatic carbocycles. The van der Waals surface area contributed by atoms with Crippen LogP contribution in [0, 0.1) is 13.8 Å². The molecule has 0 unspecified atom stereocenters. The molecule has 0 atom stereocenters. The van der Waals surface area contributed by atoms with E-state index in [-0.39, 0.29) is 28.1 Å². The Balaban J connectivity index is 1.46. The summed E-state index contributed by atoms with van der Waals surface area (Å²) in [7, 11) is 1.59. The van der Waals surface area contributed by atoms with Crippen LogP contribution in [-0.4, -0.2) is 27.0 Å². The summed E-state index contributed by atoms with van der Waals surface area (Å²) in [5, 5.41) is 6.02. The molecular weight excluding hydrogens is 388 g/mol. The van der Waals surface area contributed by atoms with E-state index >= 15 is 0 Å². The summed E-state index contributed by atoms with van der Waals surface area (Å²) in [6.07, 6.45) is 1.97. The molecule has 1 amide bonds. The summed E-state index contributed by atoms with van der Waals surface area (Å²) in [4.78, 5) is 33.8. The number of rotatable bonds is 5. The van der Waals surface area contributed by atoms with Gasteiger partial charge >= 0.3 is 0 Å². The van der Waals surface area contributed by atoms with Crippen molar-refractivity contribution in [2.75, 3.05) is 6.54 Å². The van der Waals surface area contributed by atoms with Crippen molar-refractivity contribution in [3.05, 3.63) is 68.9 Å². The standard InChI is InChI=1S/C21H20N4O3S/c1-12-4-6-14(7-5-12)20-24-15(10-29-20)8-9-22-18(26)16-13(2)28-19-17(16)21(27)25(3)11-23-19/h4-7,10-11H,8-9H2,1-3H3,(H,22,26). The summed E-state index contributed by atoms with van der Waals surface area (Å²) in [5.74, 6) is 0.0314. The van der Waals surface area contributed by atoms with Gasteiger partial charge in [-0.25, -0.2) is 9.97 Å². The number of hydrogen-bond donors (Lipinski definition) is 1. The smallest absolute Gasteiger partial charge is 0.265 e. The molecular formula is C21H20N4O3S. The average molecular weight is 408 g/mol. The predicted octanol–water partition coefficient (Wildman–Crippen LogP) is 3.24. The summed E-state index contributed by atoms with van der Waals surface area (Å²) >= 11 is 1.58. The first-order chi connectivity index (χ1) is 13.9. The molecule has 8 heteroatoms. The second kappa shape index (κ2) is 7.63. The minimum atomic E-state index is -0.347. The lowest BCUT2D eigenvalue weighted by Crippen LogP contribution is -2.28. The average Bonchev–Trinajstić information content (AvgIpc) is 3.30. The number of aryl methyl sites for hydroxylation is 3. The molecule has 0 saturated heterocycles. The molecule has 0 radical (unpaired) electrons. The van der Waals surface area contributed by atoms with E-state index in [1.54, 1.807) is 25.3 Å². The Kier molecular flexibility index (Phi) is 5.02. The number of furan rings is 1. The summed E-state index contributed by atoms with van der Waals surface area (Å²) in [5.41, 5.74) is 3.32. The second-order valence-corrected chi connectivity index (χ2v) is 7.75. The number of amides is 1. The number of nitrogens with zero attached hydrogens (tertiary/aromatic N) is 3. The maximum Gasteiger partial charge on any atom is 0.265 e. The van der Waals surface area contributed by atoms with Crippen LogP contribution in [0.3, 0.4) is 0 Å². The molecule has 0 aliphatic heterocycles. The zero-order valence-corrected chi connectivity index (χ0v) is 17.2. The molecule has 0 fully saturated rings. The van der Waals surface area contributed by atoms with Crippen molar-refractivity contribution < 1.29 is 9.21 Å². The molecule has 29 heavy (non-hydrogen) atoms.